The van der Waals surface area contributed by atoms with Crippen LogP contribution < -0.4 is 9.86 Å². The molecule has 7 nitrogen and oxygen atoms in total. The molecule has 1 aliphatic heterocycles. The van der Waals surface area contributed by atoms with Gasteiger partial charge in [-0.15, -0.1) is 0 Å². The van der Waals surface area contributed by atoms with Crippen molar-refractivity contribution in [2.75, 3.05) is 10.8 Å². The van der Waals surface area contributed by atoms with Crippen molar-refractivity contribution < 1.29 is 13.2 Å². The number of carbonyl (C=O) groups excluding carboxylic acids is 1. The highest BCUT2D eigenvalue weighted by Crippen LogP contribution is 2.34. The Balaban J connectivity index is 1.48. The zero-order valence-electron chi connectivity index (χ0n) is 16.4. The number of aromatic amines is 1. The van der Waals surface area contributed by atoms with E-state index in [0.717, 1.165) is 10.2 Å². The van der Waals surface area contributed by atoms with E-state index in [1.165, 1.54) is 40.7 Å². The number of halogens is 2. The van der Waals surface area contributed by atoms with Crippen LogP contribution in [-0.4, -0.2) is 30.7 Å². The summed E-state index contributed by atoms with van der Waals surface area (Å²) in [4.78, 5) is 25.2. The number of hydrogen-bond acceptors (Lipinski definition) is 4. The van der Waals surface area contributed by atoms with Gasteiger partial charge in [-0.2, -0.15) is 0 Å². The number of nitrogens with zero attached hydrogens (tertiary/aromatic N) is 2. The summed E-state index contributed by atoms with van der Waals surface area (Å²) >= 11 is 12.0. The number of H-pyrrole nitrogens is 1. The van der Waals surface area contributed by atoms with E-state index in [4.69, 9.17) is 23.2 Å². The number of carbonyl (C=O) groups is 1. The molecule has 0 unspecified atom stereocenters. The number of anilines is 1. The minimum atomic E-state index is -3.81. The molecule has 1 aliphatic rings. The molecule has 0 atom stereocenters. The van der Waals surface area contributed by atoms with Gasteiger partial charge < -0.3 is 0 Å². The van der Waals surface area contributed by atoms with Gasteiger partial charge in [-0.25, -0.2) is 13.1 Å². The molecule has 4 aromatic rings. The number of hydrogen-bond donors (Lipinski definition) is 1. The molecule has 0 aliphatic carbocycles. The number of aromatic nitrogens is 2. The van der Waals surface area contributed by atoms with E-state index >= 15 is 0 Å². The Bertz CT molecular complexity index is 1560. The van der Waals surface area contributed by atoms with E-state index in [-0.39, 0.29) is 10.5 Å². The summed E-state index contributed by atoms with van der Waals surface area (Å²) in [6, 6.07) is 15.3. The molecule has 1 N–H and O–H groups in total. The van der Waals surface area contributed by atoms with E-state index in [2.05, 4.69) is 5.10 Å². The molecule has 32 heavy (non-hydrogen) atoms. The maximum Gasteiger partial charge on any atom is 0.277 e. The lowest BCUT2D eigenvalue weighted by Crippen LogP contribution is -2.29. The van der Waals surface area contributed by atoms with Crippen molar-refractivity contribution in [3.8, 4) is 0 Å². The molecular weight excluding hydrogens is 473 g/mol. The van der Waals surface area contributed by atoms with Crippen molar-refractivity contribution in [1.29, 1.82) is 0 Å². The van der Waals surface area contributed by atoms with E-state index in [1.807, 2.05) is 0 Å². The van der Waals surface area contributed by atoms with E-state index in [9.17, 15) is 18.0 Å². The lowest BCUT2D eigenvalue weighted by molar-refractivity contribution is 0.0950. The van der Waals surface area contributed by atoms with E-state index in [0.29, 0.717) is 39.6 Å². The molecule has 0 saturated carbocycles. The Morgan fingerprint density at radius 1 is 0.938 bits per heavy atom. The molecule has 3 aromatic carbocycles. The largest absolute Gasteiger partial charge is 0.277 e. The molecule has 10 heteroatoms. The van der Waals surface area contributed by atoms with Crippen LogP contribution in [0.2, 0.25) is 10.0 Å². The van der Waals surface area contributed by atoms with Crippen molar-refractivity contribution in [1.82, 2.24) is 9.78 Å². The third-order valence-electron chi connectivity index (χ3n) is 5.45. The number of fused-ring (bicyclic) bond motifs is 2. The Hall–Kier alpha value is -3.07. The van der Waals surface area contributed by atoms with Crippen LogP contribution in [0.25, 0.3) is 10.9 Å². The first kappa shape index (κ1) is 20.8. The first-order valence-electron chi connectivity index (χ1n) is 9.62. The van der Waals surface area contributed by atoms with Gasteiger partial charge in [-0.05, 0) is 72.6 Å². The smallest absolute Gasteiger partial charge is 0.267 e. The summed E-state index contributed by atoms with van der Waals surface area (Å²) < 4.78 is 28.8. The average molecular weight is 488 g/mol. The van der Waals surface area contributed by atoms with Crippen LogP contribution in [0, 0.1) is 0 Å². The molecule has 0 bridgehead atoms. The Kier molecular flexibility index (Phi) is 4.88. The Labute approximate surface area is 192 Å². The zero-order chi connectivity index (χ0) is 22.6. The van der Waals surface area contributed by atoms with Crippen LogP contribution in [0.4, 0.5) is 5.69 Å². The van der Waals surface area contributed by atoms with E-state index in [1.54, 1.807) is 24.3 Å². The minimum Gasteiger partial charge on any atom is -0.267 e. The van der Waals surface area contributed by atoms with Gasteiger partial charge in [0.25, 0.3) is 21.5 Å². The van der Waals surface area contributed by atoms with Crippen LogP contribution >= 0.6 is 23.2 Å². The fourth-order valence-corrected chi connectivity index (χ4v) is 5.74. The van der Waals surface area contributed by atoms with Crippen molar-refractivity contribution in [2.24, 2.45) is 0 Å². The highest BCUT2D eigenvalue weighted by atomic mass is 35.5. The molecule has 2 heterocycles. The lowest BCUT2D eigenvalue weighted by atomic mass is 10.2. The predicted octanol–water partition coefficient (Wildman–Crippen LogP) is 4.08. The first-order valence-corrected chi connectivity index (χ1v) is 11.8. The highest BCUT2D eigenvalue weighted by Gasteiger charge is 2.31. The maximum absolute atomic E-state index is 13.2. The highest BCUT2D eigenvalue weighted by molar-refractivity contribution is 7.92. The summed E-state index contributed by atoms with van der Waals surface area (Å²) in [5.41, 5.74) is 1.61. The number of nitrogens with one attached hydrogen (secondary N) is 1. The normalized spacial score (nSPS) is 13.5. The molecule has 0 amide bonds. The topological polar surface area (TPSA) is 92.2 Å². The summed E-state index contributed by atoms with van der Waals surface area (Å²) in [6.45, 7) is 0.316. The second-order valence-corrected chi connectivity index (χ2v) is 10.1. The first-order chi connectivity index (χ1) is 15.3. The van der Waals surface area contributed by atoms with Gasteiger partial charge >= 0.3 is 0 Å². The average Bonchev–Trinajstić information content (AvgIpc) is 3.34. The third kappa shape index (κ3) is 3.31. The van der Waals surface area contributed by atoms with Gasteiger partial charge in [-0.1, -0.05) is 23.2 Å². The van der Waals surface area contributed by atoms with Crippen LogP contribution in [0.5, 0.6) is 0 Å². The summed E-state index contributed by atoms with van der Waals surface area (Å²) in [7, 11) is -3.81. The maximum atomic E-state index is 13.2. The van der Waals surface area contributed by atoms with Gasteiger partial charge in [0, 0.05) is 22.2 Å². The minimum absolute atomic E-state index is 0.0609. The fourth-order valence-electron chi connectivity index (χ4n) is 3.88. The number of benzene rings is 3. The van der Waals surface area contributed by atoms with Crippen LogP contribution in [0.15, 0.2) is 70.4 Å². The van der Waals surface area contributed by atoms with Crippen LogP contribution in [-0.2, 0) is 16.4 Å². The van der Waals surface area contributed by atoms with Crippen molar-refractivity contribution in [3.05, 3.63) is 92.2 Å². The van der Waals surface area contributed by atoms with Gasteiger partial charge in [0.05, 0.1) is 21.5 Å². The summed E-state index contributed by atoms with van der Waals surface area (Å²) in [5.74, 6) is -0.510. The van der Waals surface area contributed by atoms with Crippen molar-refractivity contribution in [3.63, 3.8) is 0 Å². The second-order valence-electron chi connectivity index (χ2n) is 7.37. The molecule has 0 spiro atoms. The SMILES string of the molecule is O=C(c1ccc(S(=O)(=O)N2CCc3cc(Cl)ccc32)cc1)n1[nH]c(=O)c2ccc(Cl)cc21. The molecule has 162 valence electrons. The Morgan fingerprint density at radius 3 is 2.38 bits per heavy atom. The summed E-state index contributed by atoms with van der Waals surface area (Å²) in [6.07, 6.45) is 0.572. The van der Waals surface area contributed by atoms with Crippen molar-refractivity contribution >= 4 is 55.7 Å². The number of rotatable bonds is 3. The molecule has 0 radical (unpaired) electrons. The summed E-state index contributed by atoms with van der Waals surface area (Å²) in [5, 5.41) is 3.77. The number of sulfonamides is 1. The quantitative estimate of drug-likeness (QED) is 0.471. The third-order valence-corrected chi connectivity index (χ3v) is 7.74. The van der Waals surface area contributed by atoms with Crippen LogP contribution in [0.1, 0.15) is 15.9 Å². The van der Waals surface area contributed by atoms with Crippen LogP contribution in [0.3, 0.4) is 0 Å². The molecule has 5 rings (SSSR count). The van der Waals surface area contributed by atoms with Crippen molar-refractivity contribution in [2.45, 2.75) is 11.3 Å². The molecule has 1 aromatic heterocycles. The predicted molar refractivity (Wildman–Crippen MR) is 123 cm³/mol. The van der Waals surface area contributed by atoms with Gasteiger partial charge in [0.1, 0.15) is 0 Å². The van der Waals surface area contributed by atoms with E-state index < -0.39 is 21.5 Å². The van der Waals surface area contributed by atoms with Gasteiger partial charge in [0.2, 0.25) is 0 Å². The standard InChI is InChI=1S/C22H15Cl2N3O4S/c23-15-4-8-19-14(11-15)9-10-26(19)32(30,31)17-5-1-13(2-6-17)22(29)27-20-12-16(24)3-7-18(20)21(28)25-27/h1-8,11-12H,9-10H2,(H,25,28). The Morgan fingerprint density at radius 2 is 1.62 bits per heavy atom. The molecule has 0 saturated heterocycles. The van der Waals surface area contributed by atoms with Gasteiger partial charge in [0.15, 0.2) is 0 Å². The molecular formula is C22H15Cl2N3O4S. The fraction of sp³-hybridized carbons (Fsp3) is 0.0909. The zero-order valence-corrected chi connectivity index (χ0v) is 18.7. The monoisotopic (exact) mass is 487 g/mol. The lowest BCUT2D eigenvalue weighted by Gasteiger charge is -2.19. The van der Waals surface area contributed by atoms with Gasteiger partial charge in [-0.3, -0.25) is 19.0 Å². The molecule has 0 fully saturated rings. The second kappa shape index (κ2) is 7.51.